The first-order valence-electron chi connectivity index (χ1n) is 6.99. The van der Waals surface area contributed by atoms with Crippen molar-refractivity contribution in [2.24, 2.45) is 0 Å². The van der Waals surface area contributed by atoms with E-state index in [0.29, 0.717) is 25.8 Å². The van der Waals surface area contributed by atoms with Crippen LogP contribution in [0.5, 0.6) is 0 Å². The summed E-state index contributed by atoms with van der Waals surface area (Å²) in [6.45, 7) is 6.82. The Morgan fingerprint density at radius 3 is 2.95 bits per heavy atom. The van der Waals surface area contributed by atoms with Crippen LogP contribution in [0.15, 0.2) is 30.3 Å². The molecule has 1 aromatic carbocycles. The molecule has 0 aromatic heterocycles. The molecular weight excluding hydrogens is 240 g/mol. The second kappa shape index (κ2) is 7.60. The summed E-state index contributed by atoms with van der Waals surface area (Å²) in [6.07, 6.45) is -0.408. The number of benzene rings is 1. The van der Waals surface area contributed by atoms with Crippen LogP contribution in [-0.4, -0.2) is 54.9 Å². The van der Waals surface area contributed by atoms with Crippen LogP contribution in [0.25, 0.3) is 0 Å². The lowest BCUT2D eigenvalue weighted by Gasteiger charge is -2.33. The minimum absolute atomic E-state index is 0.396. The lowest BCUT2D eigenvalue weighted by molar-refractivity contribution is 0.00605. The molecular formula is C15H24N2O2. The number of nitrogens with one attached hydrogen (secondary N) is 1. The van der Waals surface area contributed by atoms with Crippen LogP contribution in [0.2, 0.25) is 0 Å². The molecule has 1 aliphatic heterocycles. The van der Waals surface area contributed by atoms with Gasteiger partial charge in [-0.2, -0.15) is 0 Å². The minimum Gasteiger partial charge on any atom is -0.389 e. The molecule has 19 heavy (non-hydrogen) atoms. The molecule has 2 unspecified atom stereocenters. The molecule has 2 rings (SSSR count). The number of hydrogen-bond donors (Lipinski definition) is 2. The van der Waals surface area contributed by atoms with Gasteiger partial charge in [0.2, 0.25) is 0 Å². The molecule has 4 nitrogen and oxygen atoms in total. The van der Waals surface area contributed by atoms with E-state index in [-0.39, 0.29) is 0 Å². The van der Waals surface area contributed by atoms with E-state index in [1.165, 1.54) is 0 Å². The summed E-state index contributed by atoms with van der Waals surface area (Å²) in [7, 11) is 0. The average Bonchev–Trinajstić information content (AvgIpc) is 2.40. The van der Waals surface area contributed by atoms with Gasteiger partial charge in [-0.1, -0.05) is 30.3 Å². The summed E-state index contributed by atoms with van der Waals surface area (Å²) in [6, 6.07) is 10.6. The van der Waals surface area contributed by atoms with Gasteiger partial charge in [-0.15, -0.1) is 0 Å². The average molecular weight is 264 g/mol. The van der Waals surface area contributed by atoms with Crippen molar-refractivity contribution < 1.29 is 9.84 Å². The van der Waals surface area contributed by atoms with Crippen molar-refractivity contribution in [3.8, 4) is 0 Å². The zero-order valence-electron chi connectivity index (χ0n) is 11.6. The van der Waals surface area contributed by atoms with Gasteiger partial charge < -0.3 is 15.2 Å². The second-order valence-electron chi connectivity index (χ2n) is 5.27. The molecule has 0 radical (unpaired) electrons. The van der Waals surface area contributed by atoms with E-state index < -0.39 is 6.10 Å². The number of aliphatic hydroxyl groups is 1. The summed E-state index contributed by atoms with van der Waals surface area (Å²) in [5.74, 6) is 0. The van der Waals surface area contributed by atoms with Crippen molar-refractivity contribution in [1.29, 1.82) is 0 Å². The van der Waals surface area contributed by atoms with Crippen molar-refractivity contribution in [2.45, 2.75) is 25.7 Å². The normalized spacial score (nSPS) is 22.3. The Morgan fingerprint density at radius 2 is 2.21 bits per heavy atom. The molecule has 1 heterocycles. The Hall–Kier alpha value is -0.940. The van der Waals surface area contributed by atoms with Gasteiger partial charge in [0.15, 0.2) is 0 Å². The third kappa shape index (κ3) is 5.28. The van der Waals surface area contributed by atoms with Crippen molar-refractivity contribution in [2.75, 3.05) is 32.8 Å². The van der Waals surface area contributed by atoms with Crippen LogP contribution in [0.4, 0.5) is 0 Å². The number of piperazine rings is 1. The Kier molecular flexibility index (Phi) is 5.79. The first-order valence-corrected chi connectivity index (χ1v) is 6.99. The summed E-state index contributed by atoms with van der Waals surface area (Å²) in [5, 5.41) is 13.4. The van der Waals surface area contributed by atoms with Gasteiger partial charge in [0, 0.05) is 32.2 Å². The first kappa shape index (κ1) is 14.5. The lowest BCUT2D eigenvalue weighted by atomic mass is 10.2. The van der Waals surface area contributed by atoms with Crippen LogP contribution >= 0.6 is 0 Å². The molecule has 106 valence electrons. The number of hydrogen-bond acceptors (Lipinski definition) is 4. The summed E-state index contributed by atoms with van der Waals surface area (Å²) >= 11 is 0. The zero-order chi connectivity index (χ0) is 13.5. The highest BCUT2D eigenvalue weighted by molar-refractivity contribution is 5.13. The molecule has 1 aliphatic rings. The van der Waals surface area contributed by atoms with Crippen LogP contribution in [-0.2, 0) is 11.3 Å². The standard InChI is InChI=1S/C15H24N2O2/c1-13-9-17(8-7-16-13)10-15(18)12-19-11-14-5-3-2-4-6-14/h2-6,13,15-16,18H,7-12H2,1H3. The number of nitrogens with zero attached hydrogens (tertiary/aromatic N) is 1. The molecule has 4 heteroatoms. The fourth-order valence-electron chi connectivity index (χ4n) is 2.42. The van der Waals surface area contributed by atoms with E-state index in [0.717, 1.165) is 25.2 Å². The van der Waals surface area contributed by atoms with E-state index in [1.54, 1.807) is 0 Å². The van der Waals surface area contributed by atoms with Crippen LogP contribution in [0, 0.1) is 0 Å². The van der Waals surface area contributed by atoms with Gasteiger partial charge in [-0.3, -0.25) is 4.90 Å². The number of rotatable bonds is 6. The molecule has 0 saturated carbocycles. The van der Waals surface area contributed by atoms with E-state index in [1.807, 2.05) is 30.3 Å². The molecule has 1 aromatic rings. The van der Waals surface area contributed by atoms with Gasteiger partial charge in [0.05, 0.1) is 19.3 Å². The summed E-state index contributed by atoms with van der Waals surface area (Å²) in [5.41, 5.74) is 1.14. The fourth-order valence-corrected chi connectivity index (χ4v) is 2.42. The topological polar surface area (TPSA) is 44.7 Å². The molecule has 0 aliphatic carbocycles. The highest BCUT2D eigenvalue weighted by Gasteiger charge is 2.18. The van der Waals surface area contributed by atoms with E-state index >= 15 is 0 Å². The van der Waals surface area contributed by atoms with Crippen molar-refractivity contribution in [3.63, 3.8) is 0 Å². The van der Waals surface area contributed by atoms with Crippen LogP contribution in [0.3, 0.4) is 0 Å². The summed E-state index contributed by atoms with van der Waals surface area (Å²) < 4.78 is 5.56. The van der Waals surface area contributed by atoms with Crippen molar-refractivity contribution in [1.82, 2.24) is 10.2 Å². The van der Waals surface area contributed by atoms with Gasteiger partial charge in [-0.05, 0) is 12.5 Å². The molecule has 1 saturated heterocycles. The fraction of sp³-hybridized carbons (Fsp3) is 0.600. The zero-order valence-corrected chi connectivity index (χ0v) is 11.6. The van der Waals surface area contributed by atoms with Gasteiger partial charge in [0.1, 0.15) is 0 Å². The van der Waals surface area contributed by atoms with Gasteiger partial charge in [0.25, 0.3) is 0 Å². The number of β-amino-alcohol motifs (C(OH)–C–C–N with tert-alkyl or cyclic N) is 1. The van der Waals surface area contributed by atoms with Crippen LogP contribution in [0.1, 0.15) is 12.5 Å². The van der Waals surface area contributed by atoms with Crippen molar-refractivity contribution in [3.05, 3.63) is 35.9 Å². The van der Waals surface area contributed by atoms with E-state index in [2.05, 4.69) is 17.1 Å². The van der Waals surface area contributed by atoms with Crippen molar-refractivity contribution >= 4 is 0 Å². The Morgan fingerprint density at radius 1 is 1.42 bits per heavy atom. The predicted molar refractivity (Wildman–Crippen MR) is 76.0 cm³/mol. The van der Waals surface area contributed by atoms with E-state index in [4.69, 9.17) is 4.74 Å². The number of ether oxygens (including phenoxy) is 1. The monoisotopic (exact) mass is 264 g/mol. The SMILES string of the molecule is CC1CN(CC(O)COCc2ccccc2)CCN1. The smallest absolute Gasteiger partial charge is 0.0900 e. The quantitative estimate of drug-likeness (QED) is 0.800. The highest BCUT2D eigenvalue weighted by atomic mass is 16.5. The largest absolute Gasteiger partial charge is 0.389 e. The molecule has 2 N–H and O–H groups in total. The molecule has 1 fully saturated rings. The maximum absolute atomic E-state index is 9.98. The summed E-state index contributed by atoms with van der Waals surface area (Å²) in [4.78, 5) is 2.29. The minimum atomic E-state index is -0.408. The van der Waals surface area contributed by atoms with E-state index in [9.17, 15) is 5.11 Å². The Bertz CT molecular complexity index is 358. The Balaban J connectivity index is 1.63. The molecule has 2 atom stereocenters. The molecule has 0 amide bonds. The lowest BCUT2D eigenvalue weighted by Crippen LogP contribution is -2.51. The third-order valence-corrected chi connectivity index (χ3v) is 3.34. The molecule has 0 bridgehead atoms. The van der Waals surface area contributed by atoms with Gasteiger partial charge >= 0.3 is 0 Å². The maximum atomic E-state index is 9.98. The Labute approximate surface area is 115 Å². The predicted octanol–water partition coefficient (Wildman–Crippen LogP) is 0.858. The second-order valence-corrected chi connectivity index (χ2v) is 5.27. The van der Waals surface area contributed by atoms with Gasteiger partial charge in [-0.25, -0.2) is 0 Å². The first-order chi connectivity index (χ1) is 9.24. The van der Waals surface area contributed by atoms with Crippen LogP contribution < -0.4 is 5.32 Å². The number of aliphatic hydroxyl groups excluding tert-OH is 1. The third-order valence-electron chi connectivity index (χ3n) is 3.34. The highest BCUT2D eigenvalue weighted by Crippen LogP contribution is 2.03. The molecule has 0 spiro atoms. The maximum Gasteiger partial charge on any atom is 0.0900 e.